The van der Waals surface area contributed by atoms with Gasteiger partial charge in [0.2, 0.25) is 5.91 Å². The maximum Gasteiger partial charge on any atom is 0.223 e. The molecule has 0 bridgehead atoms. The van der Waals surface area contributed by atoms with Gasteiger partial charge in [-0.05, 0) is 54.2 Å². The van der Waals surface area contributed by atoms with Gasteiger partial charge in [0.1, 0.15) is 5.58 Å². The third-order valence-electron chi connectivity index (χ3n) is 5.13. The van der Waals surface area contributed by atoms with Gasteiger partial charge in [-0.3, -0.25) is 9.78 Å². The van der Waals surface area contributed by atoms with Crippen molar-refractivity contribution in [2.45, 2.75) is 47.5 Å². The molecule has 1 aromatic carbocycles. The highest BCUT2D eigenvalue weighted by molar-refractivity contribution is 5.83. The van der Waals surface area contributed by atoms with Crippen molar-refractivity contribution in [3.63, 3.8) is 0 Å². The number of amides is 1. The molecule has 0 unspecified atom stereocenters. The van der Waals surface area contributed by atoms with Crippen LogP contribution in [0.4, 0.5) is 11.4 Å². The van der Waals surface area contributed by atoms with Crippen LogP contribution in [0.15, 0.2) is 59.5 Å². The lowest BCUT2D eigenvalue weighted by Crippen LogP contribution is -2.38. The molecule has 31 heavy (non-hydrogen) atoms. The summed E-state index contributed by atoms with van der Waals surface area (Å²) in [5.41, 5.74) is 3.01. The topological polar surface area (TPSA) is 49.6 Å². The monoisotopic (exact) mass is 421 g/mol. The summed E-state index contributed by atoms with van der Waals surface area (Å²) in [5, 5.41) is 1.08. The van der Waals surface area contributed by atoms with Crippen molar-refractivity contribution in [2.24, 2.45) is 11.3 Å². The van der Waals surface area contributed by atoms with Crippen LogP contribution in [0, 0.1) is 11.3 Å². The number of aromatic nitrogens is 1. The van der Waals surface area contributed by atoms with E-state index in [1.165, 1.54) is 0 Å². The molecule has 5 heteroatoms. The minimum Gasteiger partial charge on any atom is -0.464 e. The van der Waals surface area contributed by atoms with Crippen LogP contribution in [0.5, 0.6) is 0 Å². The number of hydrogen-bond donors (Lipinski definition) is 0. The van der Waals surface area contributed by atoms with Crippen LogP contribution in [-0.4, -0.2) is 35.4 Å². The second-order valence-electron chi connectivity index (χ2n) is 9.83. The first kappa shape index (κ1) is 22.9. The van der Waals surface area contributed by atoms with Crippen LogP contribution in [0.25, 0.3) is 11.0 Å². The van der Waals surface area contributed by atoms with E-state index in [1.807, 2.05) is 29.3 Å². The fourth-order valence-corrected chi connectivity index (χ4v) is 3.79. The molecular weight excluding hydrogens is 386 g/mol. The fourth-order valence-electron chi connectivity index (χ4n) is 3.79. The third-order valence-corrected chi connectivity index (χ3v) is 5.13. The van der Waals surface area contributed by atoms with Crippen molar-refractivity contribution in [2.75, 3.05) is 24.5 Å². The normalized spacial score (nSPS) is 11.8. The number of hydrogen-bond acceptors (Lipinski definition) is 4. The van der Waals surface area contributed by atoms with Crippen LogP contribution in [0.2, 0.25) is 0 Å². The molecule has 0 spiro atoms. The highest BCUT2D eigenvalue weighted by Crippen LogP contribution is 2.29. The molecule has 2 heterocycles. The van der Waals surface area contributed by atoms with Gasteiger partial charge in [-0.1, -0.05) is 34.6 Å². The summed E-state index contributed by atoms with van der Waals surface area (Å²) in [6.45, 7) is 13.0. The lowest BCUT2D eigenvalue weighted by Gasteiger charge is -2.30. The SMILES string of the molecule is CC(C)CN(CCCN(c1cccnc1)c1ccc2occc2c1)C(=O)CC(C)(C)C. The highest BCUT2D eigenvalue weighted by atomic mass is 16.3. The summed E-state index contributed by atoms with van der Waals surface area (Å²) in [6, 6.07) is 12.2. The average molecular weight is 422 g/mol. The van der Waals surface area contributed by atoms with Gasteiger partial charge in [-0.2, -0.15) is 0 Å². The molecule has 0 saturated carbocycles. The predicted octanol–water partition coefficient (Wildman–Crippen LogP) is 6.28. The first-order chi connectivity index (χ1) is 14.7. The number of carbonyl (C=O) groups is 1. The number of anilines is 2. The zero-order valence-electron chi connectivity index (χ0n) is 19.5. The number of furan rings is 1. The largest absolute Gasteiger partial charge is 0.464 e. The number of carbonyl (C=O) groups excluding carboxylic acids is 1. The molecule has 1 amide bonds. The van der Waals surface area contributed by atoms with Gasteiger partial charge in [0, 0.05) is 43.3 Å². The quantitative estimate of drug-likeness (QED) is 0.408. The number of nitrogens with zero attached hydrogens (tertiary/aromatic N) is 3. The van der Waals surface area contributed by atoms with Crippen molar-refractivity contribution in [1.82, 2.24) is 9.88 Å². The molecule has 5 nitrogen and oxygen atoms in total. The van der Waals surface area contributed by atoms with Gasteiger partial charge in [-0.25, -0.2) is 0 Å². The maximum absolute atomic E-state index is 12.9. The van der Waals surface area contributed by atoms with Crippen LogP contribution in [0.1, 0.15) is 47.5 Å². The van der Waals surface area contributed by atoms with E-state index in [2.05, 4.69) is 62.7 Å². The smallest absolute Gasteiger partial charge is 0.223 e. The molecule has 2 aromatic heterocycles. The second kappa shape index (κ2) is 9.99. The van der Waals surface area contributed by atoms with Crippen LogP contribution in [0.3, 0.4) is 0 Å². The predicted molar refractivity (Wildman–Crippen MR) is 128 cm³/mol. The molecule has 3 aromatic rings. The molecule has 0 aliphatic rings. The molecule has 0 aliphatic heterocycles. The van der Waals surface area contributed by atoms with Crippen molar-refractivity contribution in [1.29, 1.82) is 0 Å². The van der Waals surface area contributed by atoms with Gasteiger partial charge in [0.25, 0.3) is 0 Å². The Labute approximate surface area is 186 Å². The number of benzene rings is 1. The Hall–Kier alpha value is -2.82. The molecular formula is C26H35N3O2. The van der Waals surface area contributed by atoms with E-state index in [-0.39, 0.29) is 11.3 Å². The van der Waals surface area contributed by atoms with E-state index in [4.69, 9.17) is 4.42 Å². The van der Waals surface area contributed by atoms with E-state index < -0.39 is 0 Å². The zero-order valence-corrected chi connectivity index (χ0v) is 19.5. The number of pyridine rings is 1. The molecule has 166 valence electrons. The standard InChI is InChI=1S/C26H35N3O2/c1-20(2)19-28(25(30)17-26(3,4)5)13-7-14-29(23-8-6-12-27-18-23)22-9-10-24-21(16-22)11-15-31-24/h6,8-12,15-16,18,20H,7,13-14,17,19H2,1-5H3. The Morgan fingerprint density at radius 2 is 1.90 bits per heavy atom. The molecule has 0 fully saturated rings. The van der Waals surface area contributed by atoms with Crippen LogP contribution in [-0.2, 0) is 4.79 Å². The van der Waals surface area contributed by atoms with Crippen LogP contribution >= 0.6 is 0 Å². The summed E-state index contributed by atoms with van der Waals surface area (Å²) < 4.78 is 5.50. The van der Waals surface area contributed by atoms with Gasteiger partial charge in [0.15, 0.2) is 0 Å². The lowest BCUT2D eigenvalue weighted by molar-refractivity contribution is -0.133. The van der Waals surface area contributed by atoms with Crippen molar-refractivity contribution in [3.05, 3.63) is 55.1 Å². The van der Waals surface area contributed by atoms with Gasteiger partial charge in [-0.15, -0.1) is 0 Å². The van der Waals surface area contributed by atoms with Gasteiger partial charge < -0.3 is 14.2 Å². The van der Waals surface area contributed by atoms with E-state index in [1.54, 1.807) is 12.5 Å². The Bertz CT molecular complexity index is 973. The molecule has 0 aliphatic carbocycles. The lowest BCUT2D eigenvalue weighted by atomic mass is 9.91. The Morgan fingerprint density at radius 3 is 2.58 bits per heavy atom. The van der Waals surface area contributed by atoms with E-state index in [0.29, 0.717) is 12.3 Å². The van der Waals surface area contributed by atoms with Gasteiger partial charge >= 0.3 is 0 Å². The summed E-state index contributed by atoms with van der Waals surface area (Å²) in [6.07, 6.45) is 6.84. The minimum atomic E-state index is -0.00589. The maximum atomic E-state index is 12.9. The molecule has 3 rings (SSSR count). The molecule has 0 saturated heterocycles. The third kappa shape index (κ3) is 6.58. The number of fused-ring (bicyclic) bond motifs is 1. The fraction of sp³-hybridized carbons (Fsp3) is 0.462. The van der Waals surface area contributed by atoms with Crippen molar-refractivity contribution in [3.8, 4) is 0 Å². The zero-order chi connectivity index (χ0) is 22.4. The number of rotatable bonds is 9. The van der Waals surface area contributed by atoms with Crippen LogP contribution < -0.4 is 4.90 Å². The molecule has 0 radical (unpaired) electrons. The Morgan fingerprint density at radius 1 is 1.10 bits per heavy atom. The highest BCUT2D eigenvalue weighted by Gasteiger charge is 2.22. The molecule has 0 N–H and O–H groups in total. The summed E-state index contributed by atoms with van der Waals surface area (Å²) in [7, 11) is 0. The Kier molecular flexibility index (Phi) is 7.37. The van der Waals surface area contributed by atoms with Crippen molar-refractivity contribution >= 4 is 28.3 Å². The van der Waals surface area contributed by atoms with Crippen molar-refractivity contribution < 1.29 is 9.21 Å². The summed E-state index contributed by atoms with van der Waals surface area (Å²) >= 11 is 0. The summed E-state index contributed by atoms with van der Waals surface area (Å²) in [5.74, 6) is 0.691. The minimum absolute atomic E-state index is 0.00589. The average Bonchev–Trinajstić information content (AvgIpc) is 3.17. The van der Waals surface area contributed by atoms with Gasteiger partial charge in [0.05, 0.1) is 18.1 Å². The van der Waals surface area contributed by atoms with E-state index >= 15 is 0 Å². The second-order valence-corrected chi connectivity index (χ2v) is 9.83. The first-order valence-electron chi connectivity index (χ1n) is 11.2. The van der Waals surface area contributed by atoms with E-state index in [0.717, 1.165) is 48.4 Å². The first-order valence-corrected chi connectivity index (χ1v) is 11.2. The summed E-state index contributed by atoms with van der Waals surface area (Å²) in [4.78, 5) is 21.5. The van der Waals surface area contributed by atoms with E-state index in [9.17, 15) is 4.79 Å². The molecule has 0 atom stereocenters. The Balaban J connectivity index is 1.75.